The third kappa shape index (κ3) is 3.59. The average molecular weight is 324 g/mol. The van der Waals surface area contributed by atoms with E-state index in [2.05, 4.69) is 10.2 Å². The van der Waals surface area contributed by atoms with Crippen molar-refractivity contribution in [3.8, 4) is 0 Å². The van der Waals surface area contributed by atoms with E-state index in [-0.39, 0.29) is 10.7 Å². The monoisotopic (exact) mass is 323 g/mol. The fourth-order valence-electron chi connectivity index (χ4n) is 3.68. The Bertz CT molecular complexity index is 538. The third-order valence-electron chi connectivity index (χ3n) is 4.91. The maximum atomic E-state index is 11.0. The van der Waals surface area contributed by atoms with E-state index < -0.39 is 4.92 Å². The lowest BCUT2D eigenvalue weighted by Crippen LogP contribution is -2.40. The number of benzene rings is 1. The SMILES string of the molecule is O=[N+]([O-])c1cc(CN2CCC(C3CCCN3)CC2)ccc1Cl. The Morgan fingerprint density at radius 2 is 2.09 bits per heavy atom. The predicted molar refractivity (Wildman–Crippen MR) is 87.1 cm³/mol. The van der Waals surface area contributed by atoms with E-state index in [4.69, 9.17) is 11.6 Å². The Labute approximate surface area is 135 Å². The number of nitro groups is 1. The van der Waals surface area contributed by atoms with Crippen LogP contribution in [0.4, 0.5) is 5.69 Å². The van der Waals surface area contributed by atoms with Crippen LogP contribution in [0, 0.1) is 16.0 Å². The normalized spacial score (nSPS) is 23.8. The first kappa shape index (κ1) is 15.7. The molecule has 0 amide bonds. The number of hydrogen-bond donors (Lipinski definition) is 1. The molecule has 2 heterocycles. The van der Waals surface area contributed by atoms with Crippen LogP contribution >= 0.6 is 11.6 Å². The molecule has 5 nitrogen and oxygen atoms in total. The van der Waals surface area contributed by atoms with Gasteiger partial charge < -0.3 is 5.32 Å². The van der Waals surface area contributed by atoms with E-state index in [1.807, 2.05) is 6.07 Å². The second-order valence-corrected chi connectivity index (χ2v) is 6.77. The summed E-state index contributed by atoms with van der Waals surface area (Å²) < 4.78 is 0. The van der Waals surface area contributed by atoms with Gasteiger partial charge in [0.05, 0.1) is 4.92 Å². The van der Waals surface area contributed by atoms with E-state index in [0.717, 1.165) is 31.1 Å². The van der Waals surface area contributed by atoms with Crippen LogP contribution in [0.2, 0.25) is 5.02 Å². The summed E-state index contributed by atoms with van der Waals surface area (Å²) in [7, 11) is 0. The van der Waals surface area contributed by atoms with Crippen LogP contribution in [0.5, 0.6) is 0 Å². The predicted octanol–water partition coefficient (Wildman–Crippen LogP) is 3.21. The highest BCUT2D eigenvalue weighted by Crippen LogP contribution is 2.28. The number of nitrogens with one attached hydrogen (secondary N) is 1. The van der Waals surface area contributed by atoms with Crippen molar-refractivity contribution in [2.45, 2.75) is 38.3 Å². The largest absolute Gasteiger partial charge is 0.314 e. The van der Waals surface area contributed by atoms with Gasteiger partial charge in [0, 0.05) is 18.7 Å². The zero-order valence-corrected chi connectivity index (χ0v) is 13.4. The molecule has 1 N–H and O–H groups in total. The van der Waals surface area contributed by atoms with Crippen molar-refractivity contribution in [3.05, 3.63) is 38.9 Å². The van der Waals surface area contributed by atoms with Crippen molar-refractivity contribution in [1.29, 1.82) is 0 Å². The molecule has 0 aliphatic carbocycles. The lowest BCUT2D eigenvalue weighted by atomic mass is 9.88. The number of hydrogen-bond acceptors (Lipinski definition) is 4. The molecule has 2 aliphatic rings. The molecule has 1 aromatic rings. The number of piperidine rings is 1. The van der Waals surface area contributed by atoms with Gasteiger partial charge in [-0.15, -0.1) is 0 Å². The van der Waals surface area contributed by atoms with Crippen molar-refractivity contribution in [2.24, 2.45) is 5.92 Å². The van der Waals surface area contributed by atoms with Crippen molar-refractivity contribution >= 4 is 17.3 Å². The number of nitro benzene ring substituents is 1. The van der Waals surface area contributed by atoms with E-state index in [9.17, 15) is 10.1 Å². The maximum absolute atomic E-state index is 11.0. The first-order valence-electron chi connectivity index (χ1n) is 8.02. The summed E-state index contributed by atoms with van der Waals surface area (Å²) in [6, 6.07) is 5.83. The highest BCUT2D eigenvalue weighted by Gasteiger charge is 2.28. The minimum absolute atomic E-state index is 0.00390. The standard InChI is InChI=1S/C16H22ClN3O2/c17-14-4-3-12(10-16(14)20(21)22)11-19-8-5-13(6-9-19)15-2-1-7-18-15/h3-4,10,13,15,18H,1-2,5-9,11H2. The Morgan fingerprint density at radius 3 is 2.73 bits per heavy atom. The van der Waals surface area contributed by atoms with E-state index in [1.165, 1.54) is 32.2 Å². The zero-order valence-electron chi connectivity index (χ0n) is 12.6. The minimum Gasteiger partial charge on any atom is -0.314 e. The fraction of sp³-hybridized carbons (Fsp3) is 0.625. The van der Waals surface area contributed by atoms with Crippen LogP contribution in [0.1, 0.15) is 31.2 Å². The highest BCUT2D eigenvalue weighted by molar-refractivity contribution is 6.32. The van der Waals surface area contributed by atoms with Crippen molar-refractivity contribution in [3.63, 3.8) is 0 Å². The highest BCUT2D eigenvalue weighted by atomic mass is 35.5. The van der Waals surface area contributed by atoms with Crippen LogP contribution in [0.25, 0.3) is 0 Å². The van der Waals surface area contributed by atoms with Gasteiger partial charge in [-0.3, -0.25) is 15.0 Å². The molecular formula is C16H22ClN3O2. The summed E-state index contributed by atoms with van der Waals surface area (Å²) in [6.07, 6.45) is 5.05. The van der Waals surface area contributed by atoms with Crippen molar-refractivity contribution < 1.29 is 4.92 Å². The Morgan fingerprint density at radius 1 is 1.32 bits per heavy atom. The molecule has 2 aliphatic heterocycles. The molecule has 1 atom stereocenters. The van der Waals surface area contributed by atoms with Gasteiger partial charge in [-0.1, -0.05) is 17.7 Å². The van der Waals surface area contributed by atoms with Crippen molar-refractivity contribution in [1.82, 2.24) is 10.2 Å². The molecule has 3 rings (SSSR count). The zero-order chi connectivity index (χ0) is 15.5. The van der Waals surface area contributed by atoms with Gasteiger partial charge in [0.2, 0.25) is 0 Å². The first-order valence-corrected chi connectivity index (χ1v) is 8.40. The van der Waals surface area contributed by atoms with E-state index in [1.54, 1.807) is 12.1 Å². The van der Waals surface area contributed by atoms with E-state index in [0.29, 0.717) is 6.04 Å². The molecule has 2 fully saturated rings. The second kappa shape index (κ2) is 6.94. The summed E-state index contributed by atoms with van der Waals surface area (Å²) in [5, 5.41) is 14.8. The fourth-order valence-corrected chi connectivity index (χ4v) is 3.87. The number of likely N-dealkylation sites (tertiary alicyclic amines) is 1. The third-order valence-corrected chi connectivity index (χ3v) is 5.23. The summed E-state index contributed by atoms with van der Waals surface area (Å²) >= 11 is 5.86. The lowest BCUT2D eigenvalue weighted by molar-refractivity contribution is -0.384. The topological polar surface area (TPSA) is 58.4 Å². The summed E-state index contributed by atoms with van der Waals surface area (Å²) in [4.78, 5) is 12.9. The smallest absolute Gasteiger partial charge is 0.288 e. The first-order chi connectivity index (χ1) is 10.6. The summed E-state index contributed by atoms with van der Waals surface area (Å²) in [6.45, 7) is 4.07. The van der Waals surface area contributed by atoms with Gasteiger partial charge in [-0.25, -0.2) is 0 Å². The molecule has 120 valence electrons. The van der Waals surface area contributed by atoms with Gasteiger partial charge >= 0.3 is 0 Å². The Hall–Kier alpha value is -1.17. The summed E-state index contributed by atoms with van der Waals surface area (Å²) in [5.74, 6) is 0.790. The molecule has 0 spiro atoms. The van der Waals surface area contributed by atoms with Gasteiger partial charge in [0.1, 0.15) is 5.02 Å². The molecule has 1 aromatic carbocycles. The van der Waals surface area contributed by atoms with Crippen LogP contribution < -0.4 is 5.32 Å². The molecular weight excluding hydrogens is 302 g/mol. The summed E-state index contributed by atoms with van der Waals surface area (Å²) in [5.41, 5.74) is 0.970. The van der Waals surface area contributed by atoms with Gasteiger partial charge in [0.25, 0.3) is 5.69 Å². The maximum Gasteiger partial charge on any atom is 0.288 e. The lowest BCUT2D eigenvalue weighted by Gasteiger charge is -2.34. The van der Waals surface area contributed by atoms with Crippen LogP contribution in [-0.2, 0) is 6.54 Å². The number of rotatable bonds is 4. The Balaban J connectivity index is 1.56. The van der Waals surface area contributed by atoms with Crippen LogP contribution in [0.3, 0.4) is 0 Å². The van der Waals surface area contributed by atoms with Gasteiger partial charge in [-0.2, -0.15) is 0 Å². The van der Waals surface area contributed by atoms with Gasteiger partial charge in [0.15, 0.2) is 0 Å². The average Bonchev–Trinajstić information content (AvgIpc) is 3.04. The second-order valence-electron chi connectivity index (χ2n) is 6.36. The van der Waals surface area contributed by atoms with Crippen LogP contribution in [-0.4, -0.2) is 35.5 Å². The quantitative estimate of drug-likeness (QED) is 0.683. The molecule has 0 aromatic heterocycles. The molecule has 0 saturated carbocycles. The molecule has 6 heteroatoms. The molecule has 1 unspecified atom stereocenters. The number of nitrogens with zero attached hydrogens (tertiary/aromatic N) is 2. The molecule has 0 bridgehead atoms. The van der Waals surface area contributed by atoms with E-state index >= 15 is 0 Å². The molecule has 0 radical (unpaired) electrons. The van der Waals surface area contributed by atoms with Crippen LogP contribution in [0.15, 0.2) is 18.2 Å². The van der Waals surface area contributed by atoms with Gasteiger partial charge in [-0.05, 0) is 62.9 Å². The minimum atomic E-state index is -0.413. The van der Waals surface area contributed by atoms with Crippen molar-refractivity contribution in [2.75, 3.05) is 19.6 Å². The number of halogens is 1. The molecule has 2 saturated heterocycles. The Kier molecular flexibility index (Phi) is 4.96. The molecule has 22 heavy (non-hydrogen) atoms.